The molecular formula is C12H21N2OPS. The molecule has 0 unspecified atom stereocenters. The average molecular weight is 272 g/mol. The summed E-state index contributed by atoms with van der Waals surface area (Å²) in [6.45, 7) is 2.12. The molecule has 0 radical (unpaired) electrons. The third kappa shape index (κ3) is 4.57. The second-order valence-electron chi connectivity index (χ2n) is 4.11. The third-order valence-electron chi connectivity index (χ3n) is 2.59. The summed E-state index contributed by atoms with van der Waals surface area (Å²) in [5.41, 5.74) is 1.18. The Bertz CT molecular complexity index is 324. The maximum absolute atomic E-state index is 6.04. The SMILES string of the molecule is CN[C@@H](C)[C@H](O[P@](S)N(C)C)c1ccccc1. The molecule has 1 N–H and O–H groups in total. The van der Waals surface area contributed by atoms with Crippen LogP contribution < -0.4 is 5.32 Å². The number of nitrogens with one attached hydrogen (secondary N) is 1. The summed E-state index contributed by atoms with van der Waals surface area (Å²) in [5, 5.41) is 3.24. The first-order valence-corrected chi connectivity index (χ1v) is 7.98. The molecule has 0 fully saturated rings. The number of hydrogen-bond donors (Lipinski definition) is 2. The van der Waals surface area contributed by atoms with E-state index in [1.54, 1.807) is 0 Å². The molecule has 0 bridgehead atoms. The van der Waals surface area contributed by atoms with Crippen molar-refractivity contribution < 1.29 is 4.52 Å². The molecular weight excluding hydrogens is 251 g/mol. The molecule has 0 aliphatic carbocycles. The van der Waals surface area contributed by atoms with Gasteiger partial charge < -0.3 is 9.84 Å². The van der Waals surface area contributed by atoms with Gasteiger partial charge in [0.25, 0.3) is 0 Å². The van der Waals surface area contributed by atoms with E-state index < -0.39 is 7.50 Å². The van der Waals surface area contributed by atoms with E-state index in [-0.39, 0.29) is 12.1 Å². The lowest BCUT2D eigenvalue weighted by molar-refractivity contribution is 0.181. The van der Waals surface area contributed by atoms with Gasteiger partial charge in [-0.3, -0.25) is 4.67 Å². The Hall–Kier alpha value is -0.120. The molecule has 0 saturated carbocycles. The molecule has 0 saturated heterocycles. The largest absolute Gasteiger partial charge is 0.326 e. The maximum Gasteiger partial charge on any atom is 0.166 e. The topological polar surface area (TPSA) is 24.5 Å². The zero-order valence-electron chi connectivity index (χ0n) is 10.8. The summed E-state index contributed by atoms with van der Waals surface area (Å²) < 4.78 is 8.04. The van der Waals surface area contributed by atoms with Gasteiger partial charge in [-0.1, -0.05) is 30.3 Å². The molecule has 1 aromatic carbocycles. The molecule has 3 atom stereocenters. The Morgan fingerprint density at radius 1 is 1.29 bits per heavy atom. The molecule has 1 rings (SSSR count). The number of rotatable bonds is 6. The Labute approximate surface area is 111 Å². The van der Waals surface area contributed by atoms with E-state index in [0.29, 0.717) is 0 Å². The number of hydrogen-bond acceptors (Lipinski definition) is 4. The summed E-state index contributed by atoms with van der Waals surface area (Å²) in [4.78, 5) is 0. The van der Waals surface area contributed by atoms with Crippen LogP contribution in [0.3, 0.4) is 0 Å². The van der Waals surface area contributed by atoms with Crippen molar-refractivity contribution in [3.8, 4) is 0 Å². The number of benzene rings is 1. The second-order valence-corrected chi connectivity index (χ2v) is 6.66. The molecule has 0 aliphatic heterocycles. The zero-order valence-corrected chi connectivity index (χ0v) is 12.6. The molecule has 0 aromatic heterocycles. The molecule has 1 aromatic rings. The summed E-state index contributed by atoms with van der Waals surface area (Å²) >= 11 is 4.49. The van der Waals surface area contributed by atoms with Gasteiger partial charge in [0.1, 0.15) is 6.10 Å². The van der Waals surface area contributed by atoms with E-state index in [1.807, 2.05) is 44.0 Å². The predicted octanol–water partition coefficient (Wildman–Crippen LogP) is 3.07. The van der Waals surface area contributed by atoms with Gasteiger partial charge in [0.05, 0.1) is 0 Å². The van der Waals surface area contributed by atoms with E-state index >= 15 is 0 Å². The van der Waals surface area contributed by atoms with Crippen molar-refractivity contribution in [1.29, 1.82) is 0 Å². The highest BCUT2D eigenvalue weighted by Crippen LogP contribution is 2.48. The van der Waals surface area contributed by atoms with E-state index in [0.717, 1.165) is 0 Å². The second kappa shape index (κ2) is 7.34. The van der Waals surface area contributed by atoms with Crippen LogP contribution in [-0.4, -0.2) is 31.9 Å². The minimum Gasteiger partial charge on any atom is -0.326 e. The van der Waals surface area contributed by atoms with Crippen LogP contribution in [0.15, 0.2) is 30.3 Å². The summed E-state index contributed by atoms with van der Waals surface area (Å²) in [5.74, 6) is 0. The van der Waals surface area contributed by atoms with E-state index in [9.17, 15) is 0 Å². The first-order chi connectivity index (χ1) is 8.06. The summed E-state index contributed by atoms with van der Waals surface area (Å²) in [6, 6.07) is 10.5. The van der Waals surface area contributed by atoms with Crippen molar-refractivity contribution in [2.45, 2.75) is 19.1 Å². The highest BCUT2D eigenvalue weighted by molar-refractivity contribution is 8.42. The minimum atomic E-state index is -0.853. The molecule has 96 valence electrons. The molecule has 0 aliphatic rings. The van der Waals surface area contributed by atoms with Gasteiger partial charge in [-0.25, -0.2) is 0 Å². The van der Waals surface area contributed by atoms with Crippen LogP contribution in [0.25, 0.3) is 0 Å². The number of likely N-dealkylation sites (N-methyl/N-ethyl adjacent to an activating group) is 1. The molecule has 0 heterocycles. The van der Waals surface area contributed by atoms with Crippen molar-refractivity contribution in [3.05, 3.63) is 35.9 Å². The van der Waals surface area contributed by atoms with Crippen LogP contribution in [0.2, 0.25) is 0 Å². The highest BCUT2D eigenvalue weighted by atomic mass is 32.7. The normalized spacial score (nSPS) is 16.8. The predicted molar refractivity (Wildman–Crippen MR) is 78.4 cm³/mol. The monoisotopic (exact) mass is 272 g/mol. The Kier molecular flexibility index (Phi) is 6.45. The van der Waals surface area contributed by atoms with Gasteiger partial charge in [0.2, 0.25) is 0 Å². The van der Waals surface area contributed by atoms with Gasteiger partial charge in [-0.2, -0.15) is 0 Å². The molecule has 5 heteroatoms. The zero-order chi connectivity index (χ0) is 12.8. The summed E-state index contributed by atoms with van der Waals surface area (Å²) in [6.07, 6.45) is 0.0206. The Morgan fingerprint density at radius 2 is 1.88 bits per heavy atom. The lowest BCUT2D eigenvalue weighted by atomic mass is 10.0. The van der Waals surface area contributed by atoms with Crippen LogP contribution >= 0.6 is 19.7 Å². The lowest BCUT2D eigenvalue weighted by Crippen LogP contribution is -2.30. The quantitative estimate of drug-likeness (QED) is 0.615. The van der Waals surface area contributed by atoms with Crippen LogP contribution in [0, 0.1) is 0 Å². The van der Waals surface area contributed by atoms with E-state index in [4.69, 9.17) is 4.52 Å². The Morgan fingerprint density at radius 3 is 2.35 bits per heavy atom. The van der Waals surface area contributed by atoms with Crippen molar-refractivity contribution >= 4 is 19.7 Å². The smallest absolute Gasteiger partial charge is 0.166 e. The highest BCUT2D eigenvalue weighted by Gasteiger charge is 2.22. The van der Waals surface area contributed by atoms with Gasteiger partial charge in [0, 0.05) is 6.04 Å². The molecule has 0 amide bonds. The average Bonchev–Trinajstić information content (AvgIpc) is 2.35. The van der Waals surface area contributed by atoms with Crippen molar-refractivity contribution in [2.75, 3.05) is 21.1 Å². The van der Waals surface area contributed by atoms with Crippen molar-refractivity contribution in [3.63, 3.8) is 0 Å². The fourth-order valence-electron chi connectivity index (χ4n) is 1.43. The van der Waals surface area contributed by atoms with E-state index in [1.165, 1.54) is 5.56 Å². The lowest BCUT2D eigenvalue weighted by Gasteiger charge is -2.29. The fraction of sp³-hybridized carbons (Fsp3) is 0.500. The van der Waals surface area contributed by atoms with Gasteiger partial charge in [-0.15, -0.1) is 12.2 Å². The third-order valence-corrected chi connectivity index (χ3v) is 5.04. The van der Waals surface area contributed by atoms with Crippen LogP contribution in [0.4, 0.5) is 0 Å². The molecule has 17 heavy (non-hydrogen) atoms. The molecule has 0 spiro atoms. The van der Waals surface area contributed by atoms with Crippen LogP contribution in [0.1, 0.15) is 18.6 Å². The van der Waals surface area contributed by atoms with Crippen LogP contribution in [0.5, 0.6) is 0 Å². The van der Waals surface area contributed by atoms with Crippen LogP contribution in [-0.2, 0) is 4.52 Å². The van der Waals surface area contributed by atoms with E-state index in [2.05, 4.69) is 36.6 Å². The standard InChI is InChI=1S/C12H21N2OPS/c1-10(13-2)12(15-16(17)14(3)4)11-8-6-5-7-9-11/h5-10,12-13,17H,1-4H3/t10-,12-,16+/m0/s1. The fourth-order valence-corrected chi connectivity index (χ4v) is 2.43. The summed E-state index contributed by atoms with van der Waals surface area (Å²) in [7, 11) is 5.05. The minimum absolute atomic E-state index is 0.0206. The van der Waals surface area contributed by atoms with Crippen molar-refractivity contribution in [2.24, 2.45) is 0 Å². The van der Waals surface area contributed by atoms with Crippen molar-refractivity contribution in [1.82, 2.24) is 9.99 Å². The first-order valence-electron chi connectivity index (χ1n) is 5.61. The molecule has 3 nitrogen and oxygen atoms in total. The van der Waals surface area contributed by atoms with Gasteiger partial charge in [-0.05, 0) is 33.6 Å². The first kappa shape index (κ1) is 14.9. The van der Waals surface area contributed by atoms with Gasteiger partial charge in [0.15, 0.2) is 7.50 Å². The van der Waals surface area contributed by atoms with Gasteiger partial charge >= 0.3 is 0 Å². The Balaban J connectivity index is 2.82. The maximum atomic E-state index is 6.04. The number of nitrogens with zero attached hydrogens (tertiary/aromatic N) is 1. The number of thiol groups is 1.